The number of aromatic nitrogens is 1. The fourth-order valence-corrected chi connectivity index (χ4v) is 2.43. The zero-order valence-corrected chi connectivity index (χ0v) is 12.4. The molecule has 0 saturated carbocycles. The van der Waals surface area contributed by atoms with Gasteiger partial charge in [-0.25, -0.2) is 4.98 Å². The summed E-state index contributed by atoms with van der Waals surface area (Å²) in [5.41, 5.74) is 1.31. The van der Waals surface area contributed by atoms with Crippen LogP contribution in [0.4, 0.5) is 5.82 Å². The average molecular weight is 262 g/mol. The highest BCUT2D eigenvalue weighted by Crippen LogP contribution is 2.18. The van der Waals surface area contributed by atoms with Crippen LogP contribution in [0, 0.1) is 0 Å². The van der Waals surface area contributed by atoms with Crippen LogP contribution in [-0.4, -0.2) is 49.2 Å². The molecule has 0 atom stereocenters. The standard InChI is InChI=1S/C15H26N4/c1-13(2)17-12-14-6-4-7-16-15(14)19-9-5-8-18(3)10-11-19/h4,6-7,13,17H,5,8-12H2,1-3H3. The van der Waals surface area contributed by atoms with Gasteiger partial charge in [0, 0.05) is 44.0 Å². The monoisotopic (exact) mass is 262 g/mol. The van der Waals surface area contributed by atoms with E-state index in [0.29, 0.717) is 6.04 Å². The van der Waals surface area contributed by atoms with Gasteiger partial charge in [0.05, 0.1) is 0 Å². The number of nitrogens with zero attached hydrogens (tertiary/aromatic N) is 3. The summed E-state index contributed by atoms with van der Waals surface area (Å²) in [5, 5.41) is 3.49. The predicted octanol–water partition coefficient (Wildman–Crippen LogP) is 1.72. The maximum absolute atomic E-state index is 4.61. The normalized spacial score (nSPS) is 17.8. The summed E-state index contributed by atoms with van der Waals surface area (Å²) >= 11 is 0. The van der Waals surface area contributed by atoms with Crippen molar-refractivity contribution in [1.82, 2.24) is 15.2 Å². The molecule has 1 saturated heterocycles. The molecule has 1 aromatic rings. The molecule has 19 heavy (non-hydrogen) atoms. The molecule has 1 N–H and O–H groups in total. The van der Waals surface area contributed by atoms with E-state index in [9.17, 15) is 0 Å². The smallest absolute Gasteiger partial charge is 0.133 e. The van der Waals surface area contributed by atoms with Crippen LogP contribution in [0.2, 0.25) is 0 Å². The number of hydrogen-bond donors (Lipinski definition) is 1. The first-order valence-electron chi connectivity index (χ1n) is 7.27. The Morgan fingerprint density at radius 3 is 2.89 bits per heavy atom. The summed E-state index contributed by atoms with van der Waals surface area (Å²) in [4.78, 5) is 9.44. The summed E-state index contributed by atoms with van der Waals surface area (Å²) in [6, 6.07) is 4.72. The third kappa shape index (κ3) is 4.18. The topological polar surface area (TPSA) is 31.4 Å². The van der Waals surface area contributed by atoms with Crippen LogP contribution in [0.3, 0.4) is 0 Å². The Morgan fingerprint density at radius 1 is 1.26 bits per heavy atom. The summed E-state index contributed by atoms with van der Waals surface area (Å²) in [5.74, 6) is 1.16. The minimum atomic E-state index is 0.503. The SMILES string of the molecule is CC(C)NCc1cccnc1N1CCCN(C)CC1. The maximum atomic E-state index is 4.61. The van der Waals surface area contributed by atoms with E-state index in [-0.39, 0.29) is 0 Å². The molecule has 1 aliphatic heterocycles. The molecule has 1 aromatic heterocycles. The number of rotatable bonds is 4. The van der Waals surface area contributed by atoms with Crippen LogP contribution < -0.4 is 10.2 Å². The molecule has 106 valence electrons. The molecule has 4 heteroatoms. The molecular weight excluding hydrogens is 236 g/mol. The lowest BCUT2D eigenvalue weighted by Gasteiger charge is -2.24. The van der Waals surface area contributed by atoms with Gasteiger partial charge in [0.1, 0.15) is 5.82 Å². The van der Waals surface area contributed by atoms with E-state index in [1.165, 1.54) is 18.5 Å². The third-order valence-corrected chi connectivity index (χ3v) is 3.59. The Balaban J connectivity index is 2.09. The Kier molecular flexibility index (Phi) is 5.16. The first-order chi connectivity index (χ1) is 9.16. The number of pyridine rings is 1. The van der Waals surface area contributed by atoms with Crippen molar-refractivity contribution >= 4 is 5.82 Å². The molecule has 4 nitrogen and oxygen atoms in total. The van der Waals surface area contributed by atoms with Gasteiger partial charge in [0.15, 0.2) is 0 Å². The minimum Gasteiger partial charge on any atom is -0.355 e. The molecule has 1 aliphatic rings. The molecule has 0 aliphatic carbocycles. The van der Waals surface area contributed by atoms with Crippen molar-refractivity contribution in [3.05, 3.63) is 23.9 Å². The zero-order valence-electron chi connectivity index (χ0n) is 12.4. The number of anilines is 1. The molecule has 2 rings (SSSR count). The fraction of sp³-hybridized carbons (Fsp3) is 0.667. The van der Waals surface area contributed by atoms with E-state index in [0.717, 1.165) is 32.0 Å². The Hall–Kier alpha value is -1.13. The highest BCUT2D eigenvalue weighted by atomic mass is 15.2. The van der Waals surface area contributed by atoms with Gasteiger partial charge in [-0.1, -0.05) is 19.9 Å². The Labute approximate surface area is 116 Å². The van der Waals surface area contributed by atoms with Crippen LogP contribution in [0.5, 0.6) is 0 Å². The summed E-state index contributed by atoms with van der Waals surface area (Å²) in [6.07, 6.45) is 3.12. The van der Waals surface area contributed by atoms with E-state index in [4.69, 9.17) is 0 Å². The molecule has 0 bridgehead atoms. The van der Waals surface area contributed by atoms with Gasteiger partial charge < -0.3 is 15.1 Å². The summed E-state index contributed by atoms with van der Waals surface area (Å²) in [6.45, 7) is 9.73. The number of hydrogen-bond acceptors (Lipinski definition) is 4. The van der Waals surface area contributed by atoms with Crippen molar-refractivity contribution in [1.29, 1.82) is 0 Å². The van der Waals surface area contributed by atoms with Gasteiger partial charge in [-0.3, -0.25) is 0 Å². The van der Waals surface area contributed by atoms with E-state index < -0.39 is 0 Å². The van der Waals surface area contributed by atoms with Crippen molar-refractivity contribution in [3.8, 4) is 0 Å². The molecule has 2 heterocycles. The van der Waals surface area contributed by atoms with E-state index >= 15 is 0 Å². The van der Waals surface area contributed by atoms with Gasteiger partial charge in [0.2, 0.25) is 0 Å². The zero-order chi connectivity index (χ0) is 13.7. The molecule has 0 aromatic carbocycles. The second-order valence-electron chi connectivity index (χ2n) is 5.67. The van der Waals surface area contributed by atoms with E-state index in [2.05, 4.69) is 47.1 Å². The second kappa shape index (κ2) is 6.87. The van der Waals surface area contributed by atoms with Crippen molar-refractivity contribution < 1.29 is 0 Å². The lowest BCUT2D eigenvalue weighted by atomic mass is 10.2. The molecule has 0 spiro atoms. The van der Waals surface area contributed by atoms with Crippen LogP contribution in [0.1, 0.15) is 25.8 Å². The largest absolute Gasteiger partial charge is 0.355 e. The van der Waals surface area contributed by atoms with Crippen LogP contribution in [0.25, 0.3) is 0 Å². The second-order valence-corrected chi connectivity index (χ2v) is 5.67. The molecule has 0 unspecified atom stereocenters. The molecule has 0 radical (unpaired) electrons. The lowest BCUT2D eigenvalue weighted by molar-refractivity contribution is 0.360. The summed E-state index contributed by atoms with van der Waals surface area (Å²) < 4.78 is 0. The molecular formula is C15H26N4. The Bertz CT molecular complexity index is 391. The van der Waals surface area contributed by atoms with Crippen molar-refractivity contribution in [2.75, 3.05) is 38.1 Å². The highest BCUT2D eigenvalue weighted by Gasteiger charge is 2.16. The molecule has 1 fully saturated rings. The van der Waals surface area contributed by atoms with E-state index in [1.54, 1.807) is 0 Å². The van der Waals surface area contributed by atoms with Gasteiger partial charge >= 0.3 is 0 Å². The summed E-state index contributed by atoms with van der Waals surface area (Å²) in [7, 11) is 2.20. The van der Waals surface area contributed by atoms with Crippen LogP contribution in [0.15, 0.2) is 18.3 Å². The maximum Gasteiger partial charge on any atom is 0.133 e. The van der Waals surface area contributed by atoms with Gasteiger partial charge in [-0.2, -0.15) is 0 Å². The number of likely N-dealkylation sites (N-methyl/N-ethyl adjacent to an activating group) is 1. The fourth-order valence-electron chi connectivity index (χ4n) is 2.43. The predicted molar refractivity (Wildman–Crippen MR) is 80.5 cm³/mol. The quantitative estimate of drug-likeness (QED) is 0.895. The van der Waals surface area contributed by atoms with Crippen molar-refractivity contribution in [2.24, 2.45) is 0 Å². The van der Waals surface area contributed by atoms with Crippen molar-refractivity contribution in [2.45, 2.75) is 32.9 Å². The first-order valence-corrected chi connectivity index (χ1v) is 7.27. The van der Waals surface area contributed by atoms with Gasteiger partial charge in [-0.05, 0) is 26.1 Å². The van der Waals surface area contributed by atoms with Crippen LogP contribution in [-0.2, 0) is 6.54 Å². The third-order valence-electron chi connectivity index (χ3n) is 3.59. The molecule has 0 amide bonds. The van der Waals surface area contributed by atoms with Crippen LogP contribution >= 0.6 is 0 Å². The lowest BCUT2D eigenvalue weighted by Crippen LogP contribution is -2.31. The van der Waals surface area contributed by atoms with Gasteiger partial charge in [-0.15, -0.1) is 0 Å². The van der Waals surface area contributed by atoms with Gasteiger partial charge in [0.25, 0.3) is 0 Å². The number of nitrogens with one attached hydrogen (secondary N) is 1. The highest BCUT2D eigenvalue weighted by molar-refractivity contribution is 5.46. The first kappa shape index (κ1) is 14.3. The Morgan fingerprint density at radius 2 is 2.11 bits per heavy atom. The van der Waals surface area contributed by atoms with Crippen molar-refractivity contribution in [3.63, 3.8) is 0 Å². The minimum absolute atomic E-state index is 0.503. The average Bonchev–Trinajstić information content (AvgIpc) is 2.61. The van der Waals surface area contributed by atoms with E-state index in [1.807, 2.05) is 12.3 Å².